The van der Waals surface area contributed by atoms with Gasteiger partial charge in [0, 0.05) is 11.9 Å². The Balaban J connectivity index is 1.75. The number of rotatable bonds is 9. The highest BCUT2D eigenvalue weighted by molar-refractivity contribution is 5.98. The van der Waals surface area contributed by atoms with E-state index in [9.17, 15) is 9.59 Å². The summed E-state index contributed by atoms with van der Waals surface area (Å²) in [4.78, 5) is 28.0. The summed E-state index contributed by atoms with van der Waals surface area (Å²) in [5, 5.41) is 3.62. The Hall–Kier alpha value is -3.08. The predicted octanol–water partition coefficient (Wildman–Crippen LogP) is 4.38. The summed E-state index contributed by atoms with van der Waals surface area (Å²) >= 11 is 0. The van der Waals surface area contributed by atoms with E-state index in [4.69, 9.17) is 4.74 Å². The van der Waals surface area contributed by atoms with Crippen molar-refractivity contribution >= 4 is 16.8 Å². The number of carbonyl (C=O) groups is 1. The van der Waals surface area contributed by atoms with Gasteiger partial charge in [-0.05, 0) is 37.0 Å². The zero-order valence-electron chi connectivity index (χ0n) is 17.1. The van der Waals surface area contributed by atoms with E-state index in [0.717, 1.165) is 35.8 Å². The van der Waals surface area contributed by atoms with Crippen LogP contribution in [0.2, 0.25) is 0 Å². The van der Waals surface area contributed by atoms with Gasteiger partial charge in [-0.2, -0.15) is 0 Å². The molecule has 0 unspecified atom stereocenters. The standard InChI is InChI=1S/C24H28N2O3/c1-3-4-8-15-29-22-17(2)11-12-19-16-20(24(28)26-21(19)22)23(27)25-14-13-18-9-6-5-7-10-18/h5-7,9-12,16H,3-4,8,13-15H2,1-2H3,(H,25,27)(H,26,28). The van der Waals surface area contributed by atoms with Crippen LogP contribution in [0.15, 0.2) is 53.3 Å². The highest BCUT2D eigenvalue weighted by Crippen LogP contribution is 2.27. The third kappa shape index (κ3) is 5.25. The van der Waals surface area contributed by atoms with Crippen LogP contribution in [0.4, 0.5) is 0 Å². The molecule has 152 valence electrons. The molecule has 2 aromatic carbocycles. The molecular weight excluding hydrogens is 364 g/mol. The number of ether oxygens (including phenoxy) is 1. The summed E-state index contributed by atoms with van der Waals surface area (Å²) in [6, 6.07) is 15.4. The van der Waals surface area contributed by atoms with Crippen molar-refractivity contribution in [2.75, 3.05) is 13.2 Å². The average molecular weight is 392 g/mol. The number of nitrogens with one attached hydrogen (secondary N) is 2. The summed E-state index contributed by atoms with van der Waals surface area (Å²) in [5.74, 6) is 0.321. The zero-order chi connectivity index (χ0) is 20.6. The molecule has 29 heavy (non-hydrogen) atoms. The molecule has 0 aliphatic rings. The van der Waals surface area contributed by atoms with Gasteiger partial charge in [0.25, 0.3) is 11.5 Å². The van der Waals surface area contributed by atoms with Crippen LogP contribution in [-0.4, -0.2) is 24.0 Å². The summed E-state index contributed by atoms with van der Waals surface area (Å²) < 4.78 is 5.95. The summed E-state index contributed by atoms with van der Waals surface area (Å²) in [6.45, 7) is 5.18. The second-order valence-electron chi connectivity index (χ2n) is 7.24. The lowest BCUT2D eigenvalue weighted by atomic mass is 10.1. The fourth-order valence-corrected chi connectivity index (χ4v) is 3.29. The molecule has 2 N–H and O–H groups in total. The number of hydrogen-bond donors (Lipinski definition) is 2. The lowest BCUT2D eigenvalue weighted by Crippen LogP contribution is -2.31. The first-order valence-electron chi connectivity index (χ1n) is 10.2. The molecule has 0 saturated carbocycles. The number of pyridine rings is 1. The molecule has 3 aromatic rings. The topological polar surface area (TPSA) is 71.2 Å². The van der Waals surface area contributed by atoms with Crippen molar-refractivity contribution in [3.8, 4) is 5.75 Å². The van der Waals surface area contributed by atoms with E-state index in [-0.39, 0.29) is 11.5 Å². The Morgan fingerprint density at radius 1 is 1.10 bits per heavy atom. The van der Waals surface area contributed by atoms with Crippen LogP contribution in [-0.2, 0) is 6.42 Å². The van der Waals surface area contributed by atoms with Gasteiger partial charge in [-0.25, -0.2) is 0 Å². The number of amides is 1. The van der Waals surface area contributed by atoms with Crippen molar-refractivity contribution in [2.24, 2.45) is 0 Å². The number of carbonyl (C=O) groups excluding carboxylic acids is 1. The average Bonchev–Trinajstić information content (AvgIpc) is 2.73. The van der Waals surface area contributed by atoms with Crippen LogP contribution < -0.4 is 15.6 Å². The van der Waals surface area contributed by atoms with E-state index < -0.39 is 5.56 Å². The Labute approximate surface area is 171 Å². The van der Waals surface area contributed by atoms with Crippen LogP contribution in [0.25, 0.3) is 10.9 Å². The molecule has 3 rings (SSSR count). The molecule has 0 aliphatic heterocycles. The van der Waals surface area contributed by atoms with Gasteiger partial charge in [-0.15, -0.1) is 0 Å². The van der Waals surface area contributed by atoms with E-state index in [2.05, 4.69) is 17.2 Å². The van der Waals surface area contributed by atoms with Crippen molar-refractivity contribution in [3.63, 3.8) is 0 Å². The number of aromatic nitrogens is 1. The smallest absolute Gasteiger partial charge is 0.261 e. The van der Waals surface area contributed by atoms with E-state index in [1.165, 1.54) is 0 Å². The largest absolute Gasteiger partial charge is 0.491 e. The molecule has 0 atom stereocenters. The fraction of sp³-hybridized carbons (Fsp3) is 0.333. The minimum atomic E-state index is -0.404. The van der Waals surface area contributed by atoms with Crippen LogP contribution >= 0.6 is 0 Å². The summed E-state index contributed by atoms with van der Waals surface area (Å²) in [5.41, 5.74) is 2.46. The maximum Gasteiger partial charge on any atom is 0.261 e. The van der Waals surface area contributed by atoms with Crippen LogP contribution in [0.5, 0.6) is 5.75 Å². The number of unbranched alkanes of at least 4 members (excludes halogenated alkanes) is 2. The normalized spacial score (nSPS) is 10.8. The first-order valence-corrected chi connectivity index (χ1v) is 10.2. The highest BCUT2D eigenvalue weighted by atomic mass is 16.5. The fourth-order valence-electron chi connectivity index (χ4n) is 3.29. The second kappa shape index (κ2) is 9.92. The Bertz CT molecular complexity index is 1030. The zero-order valence-corrected chi connectivity index (χ0v) is 17.1. The lowest BCUT2D eigenvalue weighted by Gasteiger charge is -2.13. The maximum atomic E-state index is 12.6. The van der Waals surface area contributed by atoms with Gasteiger partial charge in [-0.1, -0.05) is 62.2 Å². The number of benzene rings is 2. The summed E-state index contributed by atoms with van der Waals surface area (Å²) in [6.07, 6.45) is 3.91. The Morgan fingerprint density at radius 2 is 1.90 bits per heavy atom. The molecule has 0 aliphatic carbocycles. The van der Waals surface area contributed by atoms with Crippen molar-refractivity contribution in [2.45, 2.75) is 39.5 Å². The predicted molar refractivity (Wildman–Crippen MR) is 117 cm³/mol. The molecule has 0 fully saturated rings. The van der Waals surface area contributed by atoms with Gasteiger partial charge in [0.05, 0.1) is 12.1 Å². The van der Waals surface area contributed by atoms with Gasteiger partial charge >= 0.3 is 0 Å². The van der Waals surface area contributed by atoms with Crippen LogP contribution in [0.1, 0.15) is 47.7 Å². The van der Waals surface area contributed by atoms with Crippen LogP contribution in [0.3, 0.4) is 0 Å². The molecule has 1 amide bonds. The van der Waals surface area contributed by atoms with E-state index in [0.29, 0.717) is 30.8 Å². The third-order valence-electron chi connectivity index (χ3n) is 4.95. The van der Waals surface area contributed by atoms with Crippen molar-refractivity contribution in [1.29, 1.82) is 0 Å². The number of fused-ring (bicyclic) bond motifs is 1. The molecule has 1 aromatic heterocycles. The maximum absolute atomic E-state index is 12.6. The number of hydrogen-bond acceptors (Lipinski definition) is 3. The monoisotopic (exact) mass is 392 g/mol. The SMILES string of the molecule is CCCCCOc1c(C)ccc2cc(C(=O)NCCc3ccccc3)c(=O)[nH]c12. The van der Waals surface area contributed by atoms with Gasteiger partial charge in [-0.3, -0.25) is 9.59 Å². The first kappa shape index (κ1) is 20.6. The number of aromatic amines is 1. The van der Waals surface area contributed by atoms with Crippen LogP contribution in [0, 0.1) is 6.92 Å². The molecule has 5 heteroatoms. The lowest BCUT2D eigenvalue weighted by molar-refractivity contribution is 0.0953. The quantitative estimate of drug-likeness (QED) is 0.531. The van der Waals surface area contributed by atoms with Crippen molar-refractivity contribution in [1.82, 2.24) is 10.3 Å². The van der Waals surface area contributed by atoms with Gasteiger partial charge in [0.15, 0.2) is 0 Å². The van der Waals surface area contributed by atoms with Crippen molar-refractivity contribution < 1.29 is 9.53 Å². The van der Waals surface area contributed by atoms with E-state index in [1.54, 1.807) is 6.07 Å². The number of aryl methyl sites for hydroxylation is 1. The number of H-pyrrole nitrogens is 1. The van der Waals surface area contributed by atoms with Gasteiger partial charge < -0.3 is 15.0 Å². The molecule has 0 radical (unpaired) electrons. The Morgan fingerprint density at radius 3 is 2.66 bits per heavy atom. The summed E-state index contributed by atoms with van der Waals surface area (Å²) in [7, 11) is 0. The van der Waals surface area contributed by atoms with Crippen molar-refractivity contribution in [3.05, 3.63) is 75.6 Å². The van der Waals surface area contributed by atoms with Gasteiger partial charge in [0.2, 0.25) is 0 Å². The van der Waals surface area contributed by atoms with E-state index >= 15 is 0 Å². The molecule has 0 saturated heterocycles. The van der Waals surface area contributed by atoms with E-state index in [1.807, 2.05) is 49.4 Å². The minimum Gasteiger partial charge on any atom is -0.491 e. The first-order chi connectivity index (χ1) is 14.1. The molecule has 1 heterocycles. The molecular formula is C24H28N2O3. The Kier molecular flexibility index (Phi) is 7.06. The molecule has 5 nitrogen and oxygen atoms in total. The third-order valence-corrected chi connectivity index (χ3v) is 4.95. The molecule has 0 bridgehead atoms. The highest BCUT2D eigenvalue weighted by Gasteiger charge is 2.14. The minimum absolute atomic E-state index is 0.117. The molecule has 0 spiro atoms. The second-order valence-corrected chi connectivity index (χ2v) is 7.24. The van der Waals surface area contributed by atoms with Gasteiger partial charge in [0.1, 0.15) is 11.3 Å².